The Morgan fingerprint density at radius 2 is 1.93 bits per heavy atom. The average molecular weight is 382 g/mol. The lowest BCUT2D eigenvalue weighted by atomic mass is 10.0. The summed E-state index contributed by atoms with van der Waals surface area (Å²) in [5.41, 5.74) is 2.82. The second kappa shape index (κ2) is 7.37. The smallest absolute Gasteiger partial charge is 0.322 e. The SMILES string of the molecule is COc1cccc(NC(=O)N2CCn3cccc3[C@@H]2c2ccc(Cl)cc2)c1. The molecule has 2 heterocycles. The third-order valence-corrected chi connectivity index (χ3v) is 5.06. The predicted molar refractivity (Wildman–Crippen MR) is 106 cm³/mol. The monoisotopic (exact) mass is 381 g/mol. The summed E-state index contributed by atoms with van der Waals surface area (Å²) in [6, 6.07) is 18.8. The fraction of sp³-hybridized carbons (Fsp3) is 0.190. The number of rotatable bonds is 3. The third kappa shape index (κ3) is 3.51. The molecule has 0 saturated carbocycles. The molecule has 3 aromatic rings. The first-order valence-corrected chi connectivity index (χ1v) is 9.15. The van der Waals surface area contributed by atoms with Crippen LogP contribution in [0.3, 0.4) is 0 Å². The number of hydrogen-bond acceptors (Lipinski definition) is 2. The van der Waals surface area contributed by atoms with E-state index < -0.39 is 0 Å². The largest absolute Gasteiger partial charge is 0.497 e. The number of methoxy groups -OCH3 is 1. The molecule has 0 fully saturated rings. The predicted octanol–water partition coefficient (Wildman–Crippen LogP) is 4.79. The highest BCUT2D eigenvalue weighted by molar-refractivity contribution is 6.30. The molecule has 0 spiro atoms. The quantitative estimate of drug-likeness (QED) is 0.709. The Morgan fingerprint density at radius 3 is 2.70 bits per heavy atom. The van der Waals surface area contributed by atoms with Gasteiger partial charge in [0.05, 0.1) is 13.2 Å². The van der Waals surface area contributed by atoms with Gasteiger partial charge in [-0.3, -0.25) is 0 Å². The van der Waals surface area contributed by atoms with Gasteiger partial charge in [-0.05, 0) is 42.0 Å². The van der Waals surface area contributed by atoms with E-state index in [2.05, 4.69) is 22.1 Å². The lowest BCUT2D eigenvalue weighted by Gasteiger charge is -2.37. The second-order valence-electron chi connectivity index (χ2n) is 6.44. The maximum absolute atomic E-state index is 13.1. The van der Waals surface area contributed by atoms with Crippen LogP contribution in [0.1, 0.15) is 17.3 Å². The van der Waals surface area contributed by atoms with E-state index in [0.29, 0.717) is 23.0 Å². The minimum absolute atomic E-state index is 0.143. The van der Waals surface area contributed by atoms with E-state index >= 15 is 0 Å². The van der Waals surface area contributed by atoms with E-state index in [1.807, 2.05) is 59.5 Å². The highest BCUT2D eigenvalue weighted by Crippen LogP contribution is 2.33. The minimum Gasteiger partial charge on any atom is -0.497 e. The summed E-state index contributed by atoms with van der Waals surface area (Å²) in [6.45, 7) is 1.38. The second-order valence-corrected chi connectivity index (χ2v) is 6.87. The van der Waals surface area contributed by atoms with Gasteiger partial charge >= 0.3 is 6.03 Å². The number of ether oxygens (including phenoxy) is 1. The third-order valence-electron chi connectivity index (χ3n) is 4.81. The maximum Gasteiger partial charge on any atom is 0.322 e. The molecule has 2 amide bonds. The van der Waals surface area contributed by atoms with Crippen molar-refractivity contribution in [3.8, 4) is 5.75 Å². The van der Waals surface area contributed by atoms with Crippen LogP contribution in [0.5, 0.6) is 5.75 Å². The van der Waals surface area contributed by atoms with Crippen molar-refractivity contribution in [3.63, 3.8) is 0 Å². The Kier molecular flexibility index (Phi) is 4.77. The summed E-state index contributed by atoms with van der Waals surface area (Å²) in [5.74, 6) is 0.703. The summed E-state index contributed by atoms with van der Waals surface area (Å²) >= 11 is 6.05. The molecular formula is C21H20ClN3O2. The molecule has 138 valence electrons. The minimum atomic E-state index is -0.170. The molecule has 2 aromatic carbocycles. The molecule has 0 unspecified atom stereocenters. The van der Waals surface area contributed by atoms with Gasteiger partial charge in [-0.1, -0.05) is 29.8 Å². The van der Waals surface area contributed by atoms with Crippen molar-refractivity contribution in [1.82, 2.24) is 9.47 Å². The number of aromatic nitrogens is 1. The highest BCUT2D eigenvalue weighted by atomic mass is 35.5. The van der Waals surface area contributed by atoms with E-state index in [1.165, 1.54) is 0 Å². The Labute approximate surface area is 163 Å². The van der Waals surface area contributed by atoms with Crippen molar-refractivity contribution >= 4 is 23.3 Å². The van der Waals surface area contributed by atoms with Crippen LogP contribution in [0.25, 0.3) is 0 Å². The first-order valence-electron chi connectivity index (χ1n) is 8.78. The Hall–Kier alpha value is -2.92. The topological polar surface area (TPSA) is 46.5 Å². The number of anilines is 1. The number of amides is 2. The Balaban J connectivity index is 1.65. The van der Waals surface area contributed by atoms with Crippen molar-refractivity contribution < 1.29 is 9.53 Å². The van der Waals surface area contributed by atoms with E-state index in [4.69, 9.17) is 16.3 Å². The van der Waals surface area contributed by atoms with Crippen LogP contribution in [0, 0.1) is 0 Å². The number of nitrogens with zero attached hydrogens (tertiary/aromatic N) is 2. The number of carbonyl (C=O) groups excluding carboxylic acids is 1. The fourth-order valence-corrected chi connectivity index (χ4v) is 3.62. The summed E-state index contributed by atoms with van der Waals surface area (Å²) in [5, 5.41) is 3.67. The number of urea groups is 1. The van der Waals surface area contributed by atoms with Crippen LogP contribution in [0.4, 0.5) is 10.5 Å². The summed E-state index contributed by atoms with van der Waals surface area (Å²) in [4.78, 5) is 14.9. The van der Waals surface area contributed by atoms with Gasteiger partial charge in [0.1, 0.15) is 5.75 Å². The van der Waals surface area contributed by atoms with Gasteiger partial charge in [-0.25, -0.2) is 4.79 Å². The Bertz CT molecular complexity index is 952. The van der Waals surface area contributed by atoms with E-state index in [1.54, 1.807) is 7.11 Å². The zero-order chi connectivity index (χ0) is 18.8. The molecule has 0 radical (unpaired) electrons. The zero-order valence-corrected chi connectivity index (χ0v) is 15.7. The van der Waals surface area contributed by atoms with Gasteiger partial charge in [0, 0.05) is 41.8 Å². The first kappa shape index (κ1) is 17.5. The molecule has 1 aliphatic heterocycles. The lowest BCUT2D eigenvalue weighted by Crippen LogP contribution is -2.44. The van der Waals surface area contributed by atoms with Gasteiger partial charge in [0.25, 0.3) is 0 Å². The number of fused-ring (bicyclic) bond motifs is 1. The number of halogens is 1. The molecule has 6 heteroatoms. The summed E-state index contributed by atoms with van der Waals surface area (Å²) in [7, 11) is 1.61. The maximum atomic E-state index is 13.1. The van der Waals surface area contributed by atoms with Gasteiger partial charge in [0.15, 0.2) is 0 Å². The van der Waals surface area contributed by atoms with Crippen molar-refractivity contribution in [2.45, 2.75) is 12.6 Å². The van der Waals surface area contributed by atoms with E-state index in [0.717, 1.165) is 17.8 Å². The van der Waals surface area contributed by atoms with Gasteiger partial charge < -0.3 is 19.5 Å². The van der Waals surface area contributed by atoms with Gasteiger partial charge in [0.2, 0.25) is 0 Å². The standard InChI is InChI=1S/C21H20ClN3O2/c1-27-18-5-2-4-17(14-18)23-21(26)25-13-12-24-11-3-6-19(24)20(25)15-7-9-16(22)10-8-15/h2-11,14,20H,12-13H2,1H3,(H,23,26)/t20-/m0/s1. The number of hydrogen-bond donors (Lipinski definition) is 1. The molecule has 0 saturated heterocycles. The molecular weight excluding hydrogens is 362 g/mol. The van der Waals surface area contributed by atoms with E-state index in [9.17, 15) is 4.79 Å². The number of benzene rings is 2. The summed E-state index contributed by atoms with van der Waals surface area (Å²) in [6.07, 6.45) is 2.05. The van der Waals surface area contributed by atoms with Crippen LogP contribution >= 0.6 is 11.6 Å². The molecule has 1 N–H and O–H groups in total. The lowest BCUT2D eigenvalue weighted by molar-refractivity contribution is 0.182. The molecule has 5 nitrogen and oxygen atoms in total. The van der Waals surface area contributed by atoms with Gasteiger partial charge in [-0.2, -0.15) is 0 Å². The highest BCUT2D eigenvalue weighted by Gasteiger charge is 2.32. The molecule has 0 aliphatic carbocycles. The summed E-state index contributed by atoms with van der Waals surface area (Å²) < 4.78 is 7.43. The van der Waals surface area contributed by atoms with Gasteiger partial charge in [-0.15, -0.1) is 0 Å². The van der Waals surface area contributed by atoms with Crippen LogP contribution in [-0.4, -0.2) is 29.2 Å². The zero-order valence-electron chi connectivity index (χ0n) is 14.9. The molecule has 4 rings (SSSR count). The number of carbonyl (C=O) groups is 1. The molecule has 0 bridgehead atoms. The molecule has 27 heavy (non-hydrogen) atoms. The van der Waals surface area contributed by atoms with Crippen molar-refractivity contribution in [2.24, 2.45) is 0 Å². The molecule has 1 aliphatic rings. The fourth-order valence-electron chi connectivity index (χ4n) is 3.49. The van der Waals surface area contributed by atoms with Crippen molar-refractivity contribution in [2.75, 3.05) is 19.0 Å². The van der Waals surface area contributed by atoms with Crippen molar-refractivity contribution in [1.29, 1.82) is 0 Å². The van der Waals surface area contributed by atoms with Crippen LogP contribution in [0.15, 0.2) is 66.9 Å². The molecule has 1 atom stereocenters. The van der Waals surface area contributed by atoms with E-state index in [-0.39, 0.29) is 12.1 Å². The molecule has 1 aromatic heterocycles. The van der Waals surface area contributed by atoms with Crippen molar-refractivity contribution in [3.05, 3.63) is 83.1 Å². The van der Waals surface area contributed by atoms with Crippen LogP contribution < -0.4 is 10.1 Å². The first-order chi connectivity index (χ1) is 13.2. The number of nitrogens with one attached hydrogen (secondary N) is 1. The normalized spacial score (nSPS) is 15.9. The van der Waals surface area contributed by atoms with Crippen LogP contribution in [0.2, 0.25) is 5.02 Å². The Morgan fingerprint density at radius 1 is 1.11 bits per heavy atom. The van der Waals surface area contributed by atoms with Crippen LogP contribution in [-0.2, 0) is 6.54 Å². The average Bonchev–Trinajstić information content (AvgIpc) is 3.17.